The van der Waals surface area contributed by atoms with Gasteiger partial charge in [0.05, 0.1) is 0 Å². The normalized spacial score (nSPS) is 11.6. The Bertz CT molecular complexity index is 157. The van der Waals surface area contributed by atoms with Crippen LogP contribution in [0.4, 0.5) is 0 Å². The third-order valence-electron chi connectivity index (χ3n) is 1.77. The number of hydrogen-bond donors (Lipinski definition) is 2. The lowest BCUT2D eigenvalue weighted by atomic mass is 10.1. The molecule has 0 rings (SSSR count). The second kappa shape index (κ2) is 5.94. The van der Waals surface area contributed by atoms with Crippen LogP contribution in [-0.4, -0.2) is 36.4 Å². The maximum Gasteiger partial charge on any atom is 0.323 e. The zero-order valence-electron chi connectivity index (χ0n) is 8.59. The van der Waals surface area contributed by atoms with Gasteiger partial charge in [0.1, 0.15) is 5.54 Å². The van der Waals surface area contributed by atoms with E-state index in [-0.39, 0.29) is 0 Å². The molecule has 0 aliphatic carbocycles. The first-order valence-corrected chi connectivity index (χ1v) is 4.57. The molecule has 0 aliphatic heterocycles. The van der Waals surface area contributed by atoms with E-state index in [1.165, 1.54) is 0 Å². The van der Waals surface area contributed by atoms with Gasteiger partial charge in [0.2, 0.25) is 0 Å². The molecule has 4 heteroatoms. The van der Waals surface area contributed by atoms with Gasteiger partial charge in [-0.25, -0.2) is 0 Å². The number of carbonyl (C=O) groups is 1. The van der Waals surface area contributed by atoms with Gasteiger partial charge in [0.15, 0.2) is 0 Å². The molecular weight excluding hydrogens is 170 g/mol. The SMILES string of the molecule is CCOCCCNC(C)(C)C(=O)O. The van der Waals surface area contributed by atoms with Crippen LogP contribution >= 0.6 is 0 Å². The highest BCUT2D eigenvalue weighted by molar-refractivity contribution is 5.77. The van der Waals surface area contributed by atoms with Gasteiger partial charge in [-0.05, 0) is 33.7 Å². The van der Waals surface area contributed by atoms with Gasteiger partial charge in [-0.2, -0.15) is 0 Å². The van der Waals surface area contributed by atoms with E-state index >= 15 is 0 Å². The van der Waals surface area contributed by atoms with E-state index in [9.17, 15) is 4.79 Å². The molecule has 0 unspecified atom stereocenters. The van der Waals surface area contributed by atoms with Crippen molar-refractivity contribution < 1.29 is 14.6 Å². The van der Waals surface area contributed by atoms with Crippen LogP contribution in [0.15, 0.2) is 0 Å². The summed E-state index contributed by atoms with van der Waals surface area (Å²) in [5.41, 5.74) is -0.841. The van der Waals surface area contributed by atoms with Gasteiger partial charge < -0.3 is 15.2 Å². The summed E-state index contributed by atoms with van der Waals surface area (Å²) < 4.78 is 5.12. The van der Waals surface area contributed by atoms with Crippen molar-refractivity contribution in [3.63, 3.8) is 0 Å². The van der Waals surface area contributed by atoms with Crippen LogP contribution in [0.2, 0.25) is 0 Å². The van der Waals surface area contributed by atoms with E-state index in [1.54, 1.807) is 13.8 Å². The number of ether oxygens (including phenoxy) is 1. The molecule has 0 atom stereocenters. The summed E-state index contributed by atoms with van der Waals surface area (Å²) in [5, 5.41) is 11.7. The van der Waals surface area contributed by atoms with E-state index in [0.29, 0.717) is 19.8 Å². The quantitative estimate of drug-likeness (QED) is 0.583. The third-order valence-corrected chi connectivity index (χ3v) is 1.77. The standard InChI is InChI=1S/C9H19NO3/c1-4-13-7-5-6-10-9(2,3)8(11)12/h10H,4-7H2,1-3H3,(H,11,12). The molecule has 0 aromatic carbocycles. The average Bonchev–Trinajstić information content (AvgIpc) is 2.03. The lowest BCUT2D eigenvalue weighted by Gasteiger charge is -2.20. The lowest BCUT2D eigenvalue weighted by molar-refractivity contribution is -0.143. The predicted octanol–water partition coefficient (Wildman–Crippen LogP) is 0.866. The molecule has 0 radical (unpaired) electrons. The molecule has 0 bridgehead atoms. The summed E-state index contributed by atoms with van der Waals surface area (Å²) in [6, 6.07) is 0. The number of aliphatic carboxylic acids is 1. The second-order valence-electron chi connectivity index (χ2n) is 3.41. The highest BCUT2D eigenvalue weighted by atomic mass is 16.5. The first kappa shape index (κ1) is 12.4. The van der Waals surface area contributed by atoms with E-state index in [0.717, 1.165) is 6.42 Å². The highest BCUT2D eigenvalue weighted by Gasteiger charge is 2.25. The van der Waals surface area contributed by atoms with Crippen LogP contribution in [0.3, 0.4) is 0 Å². The Morgan fingerprint density at radius 3 is 2.62 bits per heavy atom. The van der Waals surface area contributed by atoms with Crippen LogP contribution < -0.4 is 5.32 Å². The second-order valence-corrected chi connectivity index (χ2v) is 3.41. The number of hydrogen-bond acceptors (Lipinski definition) is 3. The van der Waals surface area contributed by atoms with Crippen molar-refractivity contribution in [2.45, 2.75) is 32.7 Å². The van der Waals surface area contributed by atoms with Gasteiger partial charge in [0.25, 0.3) is 0 Å². The minimum absolute atomic E-state index is 0.666. The third kappa shape index (κ3) is 5.60. The van der Waals surface area contributed by atoms with Gasteiger partial charge >= 0.3 is 5.97 Å². The molecule has 4 nitrogen and oxygen atoms in total. The Labute approximate surface area is 79.3 Å². The number of carboxylic acid groups (broad SMARTS) is 1. The fourth-order valence-corrected chi connectivity index (χ4v) is 0.795. The topological polar surface area (TPSA) is 58.6 Å². The Morgan fingerprint density at radius 2 is 2.15 bits per heavy atom. The maximum absolute atomic E-state index is 10.6. The monoisotopic (exact) mass is 189 g/mol. The summed E-state index contributed by atoms with van der Waals surface area (Å²) in [6.07, 6.45) is 0.838. The van der Waals surface area contributed by atoms with E-state index in [4.69, 9.17) is 9.84 Å². The fourth-order valence-electron chi connectivity index (χ4n) is 0.795. The van der Waals surface area contributed by atoms with Crippen molar-refractivity contribution >= 4 is 5.97 Å². The molecule has 0 aliphatic rings. The molecule has 0 fully saturated rings. The van der Waals surface area contributed by atoms with Crippen molar-refractivity contribution in [3.05, 3.63) is 0 Å². The molecule has 0 saturated carbocycles. The summed E-state index contributed by atoms with van der Waals surface area (Å²) in [6.45, 7) is 7.29. The number of nitrogens with one attached hydrogen (secondary N) is 1. The molecule has 0 spiro atoms. The van der Waals surface area contributed by atoms with Crippen molar-refractivity contribution in [2.75, 3.05) is 19.8 Å². The molecule has 2 N–H and O–H groups in total. The van der Waals surface area contributed by atoms with Crippen molar-refractivity contribution in [2.24, 2.45) is 0 Å². The first-order chi connectivity index (χ1) is 6.00. The zero-order valence-corrected chi connectivity index (χ0v) is 8.59. The van der Waals surface area contributed by atoms with Crippen LogP contribution in [0.1, 0.15) is 27.2 Å². The molecule has 0 aromatic rings. The summed E-state index contributed by atoms with van der Waals surface area (Å²) >= 11 is 0. The van der Waals surface area contributed by atoms with E-state index < -0.39 is 11.5 Å². The van der Waals surface area contributed by atoms with Crippen LogP contribution in [0.25, 0.3) is 0 Å². The molecule has 0 aromatic heterocycles. The summed E-state index contributed by atoms with van der Waals surface area (Å²) in [7, 11) is 0. The lowest BCUT2D eigenvalue weighted by Crippen LogP contribution is -2.47. The smallest absolute Gasteiger partial charge is 0.323 e. The van der Waals surface area contributed by atoms with Crippen molar-refractivity contribution in [1.82, 2.24) is 5.32 Å². The fraction of sp³-hybridized carbons (Fsp3) is 0.889. The van der Waals surface area contributed by atoms with Gasteiger partial charge in [0, 0.05) is 13.2 Å². The molecule has 0 heterocycles. The first-order valence-electron chi connectivity index (χ1n) is 4.57. The Morgan fingerprint density at radius 1 is 1.54 bits per heavy atom. The molecule has 0 saturated heterocycles. The largest absolute Gasteiger partial charge is 0.480 e. The van der Waals surface area contributed by atoms with E-state index in [2.05, 4.69) is 5.32 Å². The van der Waals surface area contributed by atoms with Crippen molar-refractivity contribution in [3.8, 4) is 0 Å². The highest BCUT2D eigenvalue weighted by Crippen LogP contribution is 2.01. The van der Waals surface area contributed by atoms with Gasteiger partial charge in [-0.15, -0.1) is 0 Å². The van der Waals surface area contributed by atoms with Crippen molar-refractivity contribution in [1.29, 1.82) is 0 Å². The number of rotatable bonds is 7. The van der Waals surface area contributed by atoms with E-state index in [1.807, 2.05) is 6.92 Å². The molecule has 0 amide bonds. The van der Waals surface area contributed by atoms with Crippen LogP contribution in [0.5, 0.6) is 0 Å². The van der Waals surface area contributed by atoms with Crippen LogP contribution in [-0.2, 0) is 9.53 Å². The Kier molecular flexibility index (Phi) is 5.66. The molecular formula is C9H19NO3. The zero-order chi connectivity index (χ0) is 10.3. The Hall–Kier alpha value is -0.610. The average molecular weight is 189 g/mol. The van der Waals surface area contributed by atoms with Crippen LogP contribution in [0, 0.1) is 0 Å². The summed E-state index contributed by atoms with van der Waals surface area (Å²) in [5.74, 6) is -0.830. The summed E-state index contributed by atoms with van der Waals surface area (Å²) in [4.78, 5) is 10.6. The predicted molar refractivity (Wildman–Crippen MR) is 50.8 cm³/mol. The molecule has 78 valence electrons. The maximum atomic E-state index is 10.6. The Balaban J connectivity index is 3.46. The number of carboxylic acids is 1. The molecule has 13 heavy (non-hydrogen) atoms. The van der Waals surface area contributed by atoms with Gasteiger partial charge in [-0.1, -0.05) is 0 Å². The van der Waals surface area contributed by atoms with Gasteiger partial charge in [-0.3, -0.25) is 4.79 Å². The minimum atomic E-state index is -0.841. The minimum Gasteiger partial charge on any atom is -0.480 e.